The molecule has 0 atom stereocenters. The van der Waals surface area contributed by atoms with Gasteiger partial charge < -0.3 is 19.5 Å². The molecule has 2 aromatic carbocycles. The zero-order valence-corrected chi connectivity index (χ0v) is 20.0. The fourth-order valence-corrected chi connectivity index (χ4v) is 4.47. The molecule has 29 heavy (non-hydrogen) atoms. The third kappa shape index (κ3) is 5.64. The van der Waals surface area contributed by atoms with Crippen LogP contribution in [0, 0.1) is 17.4 Å². The standard InChI is InChI=1S/C21H20INO4S2/c1-12-4-5-15(8-13(12)2)26-6-7-27-19-16(22)9-14(10-17(19)25-3)11-18-20(24)23-21(28)29-18/h4-5,8-11H,6-7H2,1-3H3,(H,23,24,28). The van der Waals surface area contributed by atoms with Crippen molar-refractivity contribution in [3.63, 3.8) is 0 Å². The summed E-state index contributed by atoms with van der Waals surface area (Å²) in [6.45, 7) is 4.93. The molecule has 152 valence electrons. The summed E-state index contributed by atoms with van der Waals surface area (Å²) in [6, 6.07) is 9.79. The van der Waals surface area contributed by atoms with E-state index in [2.05, 4.69) is 41.8 Å². The van der Waals surface area contributed by atoms with E-state index in [0.717, 1.165) is 14.9 Å². The maximum Gasteiger partial charge on any atom is 0.263 e. The number of thiocarbonyl (C=S) groups is 1. The number of nitrogens with one attached hydrogen (secondary N) is 1. The van der Waals surface area contributed by atoms with Crippen LogP contribution in [0.3, 0.4) is 0 Å². The molecule has 0 spiro atoms. The lowest BCUT2D eigenvalue weighted by Crippen LogP contribution is -2.17. The zero-order chi connectivity index (χ0) is 21.0. The van der Waals surface area contributed by atoms with Crippen molar-refractivity contribution in [1.29, 1.82) is 0 Å². The number of hydrogen-bond acceptors (Lipinski definition) is 6. The summed E-state index contributed by atoms with van der Waals surface area (Å²) < 4.78 is 18.5. The second-order valence-electron chi connectivity index (χ2n) is 6.33. The molecule has 1 aliphatic heterocycles. The van der Waals surface area contributed by atoms with Gasteiger partial charge in [0, 0.05) is 0 Å². The number of benzene rings is 2. The monoisotopic (exact) mass is 541 g/mol. The number of amides is 1. The van der Waals surface area contributed by atoms with Gasteiger partial charge in [-0.3, -0.25) is 4.79 Å². The smallest absolute Gasteiger partial charge is 0.263 e. The Morgan fingerprint density at radius 2 is 1.90 bits per heavy atom. The average Bonchev–Trinajstić information content (AvgIpc) is 2.99. The van der Waals surface area contributed by atoms with Gasteiger partial charge in [-0.15, -0.1) is 0 Å². The average molecular weight is 541 g/mol. The van der Waals surface area contributed by atoms with Gasteiger partial charge in [0.25, 0.3) is 5.91 Å². The quantitative estimate of drug-likeness (QED) is 0.234. The van der Waals surface area contributed by atoms with Crippen LogP contribution in [0.25, 0.3) is 6.08 Å². The van der Waals surface area contributed by atoms with Gasteiger partial charge in [-0.25, -0.2) is 0 Å². The number of aryl methyl sites for hydroxylation is 2. The Kier molecular flexibility index (Phi) is 7.42. The highest BCUT2D eigenvalue weighted by molar-refractivity contribution is 14.1. The van der Waals surface area contributed by atoms with Gasteiger partial charge in [0.15, 0.2) is 11.5 Å². The minimum absolute atomic E-state index is 0.183. The molecule has 2 aromatic rings. The predicted molar refractivity (Wildman–Crippen MR) is 129 cm³/mol. The Labute approximate surface area is 193 Å². The maximum absolute atomic E-state index is 11.9. The molecule has 1 saturated heterocycles. The van der Waals surface area contributed by atoms with E-state index < -0.39 is 0 Å². The highest BCUT2D eigenvalue weighted by atomic mass is 127. The van der Waals surface area contributed by atoms with Crippen LogP contribution in [0.5, 0.6) is 17.2 Å². The Morgan fingerprint density at radius 3 is 2.55 bits per heavy atom. The molecule has 8 heteroatoms. The maximum atomic E-state index is 11.9. The summed E-state index contributed by atoms with van der Waals surface area (Å²) in [5.74, 6) is 1.89. The number of ether oxygens (including phenoxy) is 3. The lowest BCUT2D eigenvalue weighted by Gasteiger charge is -2.14. The summed E-state index contributed by atoms with van der Waals surface area (Å²) in [7, 11) is 1.59. The summed E-state index contributed by atoms with van der Waals surface area (Å²) in [4.78, 5) is 12.4. The first kappa shape index (κ1) is 21.9. The minimum atomic E-state index is -0.183. The number of thioether (sulfide) groups is 1. The van der Waals surface area contributed by atoms with E-state index in [1.165, 1.54) is 22.9 Å². The molecule has 1 amide bonds. The molecular formula is C21H20INO4S2. The van der Waals surface area contributed by atoms with Gasteiger partial charge in [-0.05, 0) is 83.5 Å². The van der Waals surface area contributed by atoms with Crippen molar-refractivity contribution < 1.29 is 19.0 Å². The number of carbonyl (C=O) groups is 1. The van der Waals surface area contributed by atoms with Crippen LogP contribution in [-0.4, -0.2) is 30.6 Å². The van der Waals surface area contributed by atoms with Crippen LogP contribution < -0.4 is 19.5 Å². The highest BCUT2D eigenvalue weighted by Crippen LogP contribution is 2.36. The van der Waals surface area contributed by atoms with Crippen LogP contribution in [-0.2, 0) is 4.79 Å². The normalized spacial score (nSPS) is 14.8. The van der Waals surface area contributed by atoms with E-state index in [9.17, 15) is 4.79 Å². The van der Waals surface area contributed by atoms with Gasteiger partial charge in [0.05, 0.1) is 15.6 Å². The summed E-state index contributed by atoms with van der Waals surface area (Å²) in [5, 5.41) is 2.61. The second kappa shape index (κ2) is 9.82. The van der Waals surface area contributed by atoms with Crippen LogP contribution in [0.15, 0.2) is 35.2 Å². The third-order valence-electron chi connectivity index (χ3n) is 4.27. The van der Waals surface area contributed by atoms with Crippen molar-refractivity contribution in [3.05, 3.63) is 55.5 Å². The summed E-state index contributed by atoms with van der Waals surface area (Å²) in [6.07, 6.45) is 1.79. The number of carbonyl (C=O) groups excluding carboxylic acids is 1. The van der Waals surface area contributed by atoms with Crippen LogP contribution >= 0.6 is 46.6 Å². The van der Waals surface area contributed by atoms with E-state index in [1.807, 2.05) is 30.3 Å². The molecule has 0 aliphatic carbocycles. The van der Waals surface area contributed by atoms with Crippen LogP contribution in [0.1, 0.15) is 16.7 Å². The van der Waals surface area contributed by atoms with Crippen LogP contribution in [0.4, 0.5) is 0 Å². The van der Waals surface area contributed by atoms with Crippen molar-refractivity contribution in [2.24, 2.45) is 0 Å². The molecular weight excluding hydrogens is 521 g/mol. The van der Waals surface area contributed by atoms with E-state index in [1.54, 1.807) is 13.2 Å². The van der Waals surface area contributed by atoms with E-state index in [-0.39, 0.29) is 5.91 Å². The first-order valence-electron chi connectivity index (χ1n) is 8.82. The number of rotatable bonds is 7. The molecule has 1 N–H and O–H groups in total. The minimum Gasteiger partial charge on any atom is -0.493 e. The highest BCUT2D eigenvalue weighted by Gasteiger charge is 2.22. The van der Waals surface area contributed by atoms with Gasteiger partial charge in [-0.2, -0.15) is 0 Å². The largest absolute Gasteiger partial charge is 0.493 e. The molecule has 0 radical (unpaired) electrons. The molecule has 0 unspecified atom stereocenters. The van der Waals surface area contributed by atoms with Crippen molar-refractivity contribution in [2.45, 2.75) is 13.8 Å². The Balaban J connectivity index is 1.66. The van der Waals surface area contributed by atoms with Crippen molar-refractivity contribution >= 4 is 62.9 Å². The van der Waals surface area contributed by atoms with Crippen molar-refractivity contribution in [2.75, 3.05) is 20.3 Å². The predicted octanol–water partition coefficient (Wildman–Crippen LogP) is 4.86. The first-order chi connectivity index (χ1) is 13.9. The van der Waals surface area contributed by atoms with E-state index in [4.69, 9.17) is 26.4 Å². The van der Waals surface area contributed by atoms with Gasteiger partial charge in [0.1, 0.15) is 23.3 Å². The van der Waals surface area contributed by atoms with Gasteiger partial charge >= 0.3 is 0 Å². The van der Waals surface area contributed by atoms with Gasteiger partial charge in [0.2, 0.25) is 0 Å². The number of hydrogen-bond donors (Lipinski definition) is 1. The van der Waals surface area contributed by atoms with E-state index in [0.29, 0.717) is 33.9 Å². The van der Waals surface area contributed by atoms with Crippen molar-refractivity contribution in [1.82, 2.24) is 5.32 Å². The molecule has 5 nitrogen and oxygen atoms in total. The van der Waals surface area contributed by atoms with Gasteiger partial charge in [-0.1, -0.05) is 30.0 Å². The third-order valence-corrected chi connectivity index (χ3v) is 6.23. The zero-order valence-electron chi connectivity index (χ0n) is 16.2. The fourth-order valence-electron chi connectivity index (χ4n) is 2.64. The molecule has 0 bridgehead atoms. The van der Waals surface area contributed by atoms with Crippen LogP contribution in [0.2, 0.25) is 0 Å². The molecule has 0 saturated carbocycles. The fraction of sp³-hybridized carbons (Fsp3) is 0.238. The number of methoxy groups -OCH3 is 1. The van der Waals surface area contributed by atoms with Crippen molar-refractivity contribution in [3.8, 4) is 17.2 Å². The lowest BCUT2D eigenvalue weighted by atomic mass is 10.1. The SMILES string of the molecule is COc1cc(C=C2SC(=S)NC2=O)cc(I)c1OCCOc1ccc(C)c(C)c1. The summed E-state index contributed by atoms with van der Waals surface area (Å²) >= 11 is 8.47. The lowest BCUT2D eigenvalue weighted by molar-refractivity contribution is -0.115. The second-order valence-corrected chi connectivity index (χ2v) is 9.21. The molecule has 1 aliphatic rings. The Hall–Kier alpha value is -1.78. The molecule has 0 aromatic heterocycles. The Bertz CT molecular complexity index is 991. The molecule has 3 rings (SSSR count). The first-order valence-corrected chi connectivity index (χ1v) is 11.1. The topological polar surface area (TPSA) is 56.8 Å². The molecule has 1 fully saturated rings. The molecule has 1 heterocycles. The van der Waals surface area contributed by atoms with E-state index >= 15 is 0 Å². The number of halogens is 1. The Morgan fingerprint density at radius 1 is 1.14 bits per heavy atom. The summed E-state index contributed by atoms with van der Waals surface area (Å²) in [5.41, 5.74) is 3.27.